The summed E-state index contributed by atoms with van der Waals surface area (Å²) in [5.41, 5.74) is 0.685. The maximum Gasteiger partial charge on any atom is 0.257 e. The van der Waals surface area contributed by atoms with Gasteiger partial charge in [0.25, 0.3) is 5.91 Å². The fraction of sp³-hybridized carbons (Fsp3) is 0.588. The summed E-state index contributed by atoms with van der Waals surface area (Å²) in [6.45, 7) is 8.85. The van der Waals surface area contributed by atoms with E-state index in [0.29, 0.717) is 30.9 Å². The van der Waals surface area contributed by atoms with Gasteiger partial charge in [0.1, 0.15) is 5.75 Å². The molecule has 0 aliphatic rings. The van der Waals surface area contributed by atoms with Crippen molar-refractivity contribution in [1.82, 2.24) is 9.62 Å². The molecule has 0 bridgehead atoms. The Labute approximate surface area is 145 Å². The number of amides is 1. The standard InChI is InChI=1S/C17H28N2O4S/c1-5-8-11-18-17(20)13-23-16-10-9-15(12-14(16)4)24(21,22)19(6-2)7-3/h9-10,12H,5-8,11,13H2,1-4H3,(H,18,20). The minimum atomic E-state index is -3.49. The maximum atomic E-state index is 12.5. The number of rotatable bonds is 10. The molecule has 1 aromatic rings. The molecule has 6 nitrogen and oxygen atoms in total. The molecule has 0 fully saturated rings. The van der Waals surface area contributed by atoms with Gasteiger partial charge in [0.15, 0.2) is 6.61 Å². The van der Waals surface area contributed by atoms with Crippen molar-refractivity contribution < 1.29 is 17.9 Å². The molecule has 0 atom stereocenters. The second kappa shape index (κ2) is 9.64. The predicted octanol–water partition coefficient (Wildman–Crippen LogP) is 2.32. The van der Waals surface area contributed by atoms with Crippen LogP contribution in [0.3, 0.4) is 0 Å². The molecule has 0 unspecified atom stereocenters. The number of hydrogen-bond acceptors (Lipinski definition) is 4. The molecule has 0 aromatic heterocycles. The number of hydrogen-bond donors (Lipinski definition) is 1. The maximum absolute atomic E-state index is 12.5. The highest BCUT2D eigenvalue weighted by Crippen LogP contribution is 2.24. The van der Waals surface area contributed by atoms with Gasteiger partial charge in [-0.05, 0) is 37.1 Å². The van der Waals surface area contributed by atoms with Gasteiger partial charge in [-0.3, -0.25) is 4.79 Å². The third kappa shape index (κ3) is 5.49. The summed E-state index contributed by atoms with van der Waals surface area (Å²) < 4.78 is 31.9. The minimum absolute atomic E-state index is 0.0767. The van der Waals surface area contributed by atoms with E-state index in [9.17, 15) is 13.2 Å². The lowest BCUT2D eigenvalue weighted by Gasteiger charge is -2.19. The van der Waals surface area contributed by atoms with Crippen molar-refractivity contribution in [2.75, 3.05) is 26.2 Å². The van der Waals surface area contributed by atoms with Crippen LogP contribution in [0, 0.1) is 6.92 Å². The number of nitrogens with one attached hydrogen (secondary N) is 1. The van der Waals surface area contributed by atoms with E-state index in [1.165, 1.54) is 10.4 Å². The Morgan fingerprint density at radius 1 is 1.21 bits per heavy atom. The molecule has 1 N–H and O–H groups in total. The van der Waals surface area contributed by atoms with Crippen LogP contribution in [-0.4, -0.2) is 44.9 Å². The van der Waals surface area contributed by atoms with Crippen LogP contribution in [0.15, 0.2) is 23.1 Å². The molecule has 1 aromatic carbocycles. The van der Waals surface area contributed by atoms with E-state index in [4.69, 9.17) is 4.74 Å². The van der Waals surface area contributed by atoms with Crippen molar-refractivity contribution in [1.29, 1.82) is 0 Å². The van der Waals surface area contributed by atoms with Crippen LogP contribution in [-0.2, 0) is 14.8 Å². The molecule has 0 aliphatic heterocycles. The van der Waals surface area contributed by atoms with Gasteiger partial charge >= 0.3 is 0 Å². The molecule has 7 heteroatoms. The summed E-state index contributed by atoms with van der Waals surface area (Å²) in [4.78, 5) is 11.9. The number of benzene rings is 1. The normalized spacial score (nSPS) is 11.5. The molecule has 0 aliphatic carbocycles. The Kier molecular flexibility index (Phi) is 8.21. The molecule has 136 valence electrons. The Balaban J connectivity index is 2.76. The van der Waals surface area contributed by atoms with Gasteiger partial charge < -0.3 is 10.1 Å². The summed E-state index contributed by atoms with van der Waals surface area (Å²) in [5.74, 6) is 0.335. The first-order chi connectivity index (χ1) is 11.4. The highest BCUT2D eigenvalue weighted by Gasteiger charge is 2.22. The van der Waals surface area contributed by atoms with Crippen LogP contribution in [0.2, 0.25) is 0 Å². The molecular weight excluding hydrogens is 328 g/mol. The Hall–Kier alpha value is -1.60. The Morgan fingerprint density at radius 2 is 1.88 bits per heavy atom. The second-order valence-corrected chi connectivity index (χ2v) is 7.45. The topological polar surface area (TPSA) is 75.7 Å². The van der Waals surface area contributed by atoms with E-state index in [-0.39, 0.29) is 17.4 Å². The molecule has 1 amide bonds. The van der Waals surface area contributed by atoms with Gasteiger partial charge in [-0.15, -0.1) is 0 Å². The molecule has 0 spiro atoms. The lowest BCUT2D eigenvalue weighted by molar-refractivity contribution is -0.123. The summed E-state index contributed by atoms with van der Waals surface area (Å²) in [6.07, 6.45) is 1.95. The first-order valence-electron chi connectivity index (χ1n) is 8.37. The number of aryl methyl sites for hydroxylation is 1. The summed E-state index contributed by atoms with van der Waals surface area (Å²) >= 11 is 0. The van der Waals surface area contributed by atoms with E-state index in [0.717, 1.165) is 12.8 Å². The molecule has 0 saturated carbocycles. The predicted molar refractivity (Wildman–Crippen MR) is 94.7 cm³/mol. The van der Waals surface area contributed by atoms with E-state index >= 15 is 0 Å². The van der Waals surface area contributed by atoms with Gasteiger partial charge in [0, 0.05) is 19.6 Å². The summed E-state index contributed by atoms with van der Waals surface area (Å²) in [6, 6.07) is 4.70. The van der Waals surface area contributed by atoms with Crippen molar-refractivity contribution in [3.05, 3.63) is 23.8 Å². The third-order valence-electron chi connectivity index (χ3n) is 3.70. The quantitative estimate of drug-likeness (QED) is 0.653. The SMILES string of the molecule is CCCCNC(=O)COc1ccc(S(=O)(=O)N(CC)CC)cc1C. The molecule has 1 rings (SSSR count). The number of nitrogens with zero attached hydrogens (tertiary/aromatic N) is 1. The average Bonchev–Trinajstić information content (AvgIpc) is 2.54. The number of unbranched alkanes of at least 4 members (excludes halogenated alkanes) is 1. The largest absolute Gasteiger partial charge is 0.484 e. The van der Waals surface area contributed by atoms with E-state index in [1.54, 1.807) is 19.1 Å². The van der Waals surface area contributed by atoms with Crippen LogP contribution in [0.5, 0.6) is 5.75 Å². The van der Waals surface area contributed by atoms with Gasteiger partial charge in [0.05, 0.1) is 4.90 Å². The number of sulfonamides is 1. The van der Waals surface area contributed by atoms with Gasteiger partial charge in [-0.25, -0.2) is 8.42 Å². The molecule has 0 radical (unpaired) electrons. The average molecular weight is 356 g/mol. The highest BCUT2D eigenvalue weighted by molar-refractivity contribution is 7.89. The van der Waals surface area contributed by atoms with Gasteiger partial charge in [-0.1, -0.05) is 27.2 Å². The fourth-order valence-electron chi connectivity index (χ4n) is 2.26. The van der Waals surface area contributed by atoms with Crippen molar-refractivity contribution in [2.45, 2.75) is 45.4 Å². The highest BCUT2D eigenvalue weighted by atomic mass is 32.2. The van der Waals surface area contributed by atoms with Gasteiger partial charge in [-0.2, -0.15) is 4.31 Å². The molecule has 0 heterocycles. The van der Waals surface area contributed by atoms with Crippen molar-refractivity contribution >= 4 is 15.9 Å². The summed E-state index contributed by atoms with van der Waals surface area (Å²) in [7, 11) is -3.49. The Morgan fingerprint density at radius 3 is 2.42 bits per heavy atom. The lowest BCUT2D eigenvalue weighted by Crippen LogP contribution is -2.31. The smallest absolute Gasteiger partial charge is 0.257 e. The number of ether oxygens (including phenoxy) is 1. The molecule has 0 saturated heterocycles. The zero-order valence-corrected chi connectivity index (χ0v) is 15.8. The van der Waals surface area contributed by atoms with Crippen LogP contribution in [0.4, 0.5) is 0 Å². The summed E-state index contributed by atoms with van der Waals surface area (Å²) in [5, 5.41) is 2.77. The van der Waals surface area contributed by atoms with Crippen LogP contribution in [0.25, 0.3) is 0 Å². The van der Waals surface area contributed by atoms with E-state index in [2.05, 4.69) is 12.2 Å². The number of carbonyl (C=O) groups is 1. The van der Waals surface area contributed by atoms with Crippen molar-refractivity contribution in [3.8, 4) is 5.75 Å². The van der Waals surface area contributed by atoms with Crippen LogP contribution >= 0.6 is 0 Å². The minimum Gasteiger partial charge on any atom is -0.484 e. The second-order valence-electron chi connectivity index (χ2n) is 5.51. The van der Waals surface area contributed by atoms with E-state index in [1.807, 2.05) is 13.8 Å². The van der Waals surface area contributed by atoms with Crippen LogP contribution in [0.1, 0.15) is 39.2 Å². The lowest BCUT2D eigenvalue weighted by atomic mass is 10.2. The fourth-order valence-corrected chi connectivity index (χ4v) is 3.80. The third-order valence-corrected chi connectivity index (χ3v) is 5.75. The number of carbonyl (C=O) groups excluding carboxylic acids is 1. The van der Waals surface area contributed by atoms with Gasteiger partial charge in [0.2, 0.25) is 10.0 Å². The zero-order valence-electron chi connectivity index (χ0n) is 15.0. The zero-order chi connectivity index (χ0) is 18.2. The first-order valence-corrected chi connectivity index (χ1v) is 9.81. The molecule has 24 heavy (non-hydrogen) atoms. The van der Waals surface area contributed by atoms with E-state index < -0.39 is 10.0 Å². The van der Waals surface area contributed by atoms with Crippen LogP contribution < -0.4 is 10.1 Å². The van der Waals surface area contributed by atoms with Crippen molar-refractivity contribution in [3.63, 3.8) is 0 Å². The molecular formula is C17H28N2O4S. The monoisotopic (exact) mass is 356 g/mol. The van der Waals surface area contributed by atoms with Crippen molar-refractivity contribution in [2.24, 2.45) is 0 Å². The Bertz CT molecular complexity index is 640. The first kappa shape index (κ1) is 20.4.